The summed E-state index contributed by atoms with van der Waals surface area (Å²) in [6.45, 7) is 2.06. The molecule has 0 fully saturated rings. The standard InChI is InChI=1S/C16H13NO3S/c1-2-20-16(19)13-9-21-15(17-13)12-8-7-10-5-3-4-6-11(10)14(12)18/h3-9,18H,2H2,1H3. The van der Waals surface area contributed by atoms with Crippen molar-refractivity contribution in [3.63, 3.8) is 0 Å². The average Bonchev–Trinajstić information content (AvgIpc) is 2.98. The molecular formula is C16H13NO3S. The number of rotatable bonds is 3. The highest BCUT2D eigenvalue weighted by molar-refractivity contribution is 7.13. The number of benzene rings is 2. The van der Waals surface area contributed by atoms with Crippen molar-refractivity contribution >= 4 is 28.1 Å². The summed E-state index contributed by atoms with van der Waals surface area (Å²) in [5, 5.41) is 14.4. The van der Waals surface area contributed by atoms with E-state index in [1.165, 1.54) is 11.3 Å². The van der Waals surface area contributed by atoms with Gasteiger partial charge in [-0.25, -0.2) is 9.78 Å². The second-order valence-corrected chi connectivity index (χ2v) is 5.30. The van der Waals surface area contributed by atoms with Crippen LogP contribution in [0.3, 0.4) is 0 Å². The van der Waals surface area contributed by atoms with Gasteiger partial charge in [0.25, 0.3) is 0 Å². The summed E-state index contributed by atoms with van der Waals surface area (Å²) in [4.78, 5) is 15.9. The molecular weight excluding hydrogens is 286 g/mol. The Hall–Kier alpha value is -2.40. The van der Waals surface area contributed by atoms with Crippen molar-refractivity contribution in [3.05, 3.63) is 47.5 Å². The van der Waals surface area contributed by atoms with Crippen LogP contribution in [0.1, 0.15) is 17.4 Å². The van der Waals surface area contributed by atoms with Crippen molar-refractivity contribution in [2.45, 2.75) is 6.92 Å². The zero-order valence-electron chi connectivity index (χ0n) is 11.4. The molecule has 0 aliphatic carbocycles. The Kier molecular flexibility index (Phi) is 3.58. The minimum Gasteiger partial charge on any atom is -0.507 e. The molecule has 3 rings (SSSR count). The molecule has 1 aromatic heterocycles. The van der Waals surface area contributed by atoms with Crippen LogP contribution in [0.2, 0.25) is 0 Å². The van der Waals surface area contributed by atoms with E-state index in [0.717, 1.165) is 10.8 Å². The number of thiazole rings is 1. The highest BCUT2D eigenvalue weighted by atomic mass is 32.1. The minimum absolute atomic E-state index is 0.179. The molecule has 0 radical (unpaired) electrons. The molecule has 0 saturated heterocycles. The number of ether oxygens (including phenoxy) is 1. The van der Waals surface area contributed by atoms with Gasteiger partial charge < -0.3 is 9.84 Å². The van der Waals surface area contributed by atoms with Gasteiger partial charge in [0.1, 0.15) is 10.8 Å². The van der Waals surface area contributed by atoms with Crippen LogP contribution in [0.15, 0.2) is 41.8 Å². The lowest BCUT2D eigenvalue weighted by molar-refractivity contribution is 0.0520. The van der Waals surface area contributed by atoms with Crippen molar-refractivity contribution < 1.29 is 14.6 Å². The predicted molar refractivity (Wildman–Crippen MR) is 82.7 cm³/mol. The zero-order chi connectivity index (χ0) is 14.8. The molecule has 106 valence electrons. The molecule has 3 aromatic rings. The van der Waals surface area contributed by atoms with E-state index in [0.29, 0.717) is 17.2 Å². The van der Waals surface area contributed by atoms with Gasteiger partial charge in [0.2, 0.25) is 0 Å². The molecule has 0 bridgehead atoms. The number of phenols is 1. The minimum atomic E-state index is -0.444. The SMILES string of the molecule is CCOC(=O)c1csc(-c2ccc3ccccc3c2O)n1. The van der Waals surface area contributed by atoms with E-state index in [1.54, 1.807) is 12.3 Å². The second kappa shape index (κ2) is 5.54. The average molecular weight is 299 g/mol. The fourth-order valence-corrected chi connectivity index (χ4v) is 2.94. The summed E-state index contributed by atoms with van der Waals surface area (Å²) < 4.78 is 4.92. The van der Waals surface area contributed by atoms with Crippen LogP contribution in [0.4, 0.5) is 0 Å². The molecule has 0 atom stereocenters. The third kappa shape index (κ3) is 2.48. The molecule has 0 aliphatic rings. The Bertz CT molecular complexity index is 810. The van der Waals surface area contributed by atoms with Gasteiger partial charge in [-0.15, -0.1) is 11.3 Å². The first-order valence-corrected chi connectivity index (χ1v) is 7.42. The summed E-state index contributed by atoms with van der Waals surface area (Å²) in [5.74, 6) is -0.266. The van der Waals surface area contributed by atoms with E-state index in [-0.39, 0.29) is 11.4 Å². The monoisotopic (exact) mass is 299 g/mol. The molecule has 0 spiro atoms. The molecule has 1 heterocycles. The number of carbonyl (C=O) groups is 1. The summed E-state index contributed by atoms with van der Waals surface area (Å²) >= 11 is 1.31. The van der Waals surface area contributed by atoms with E-state index in [1.807, 2.05) is 36.4 Å². The molecule has 0 amide bonds. The molecule has 4 nitrogen and oxygen atoms in total. The number of aromatic nitrogens is 1. The normalized spacial score (nSPS) is 10.7. The third-order valence-electron chi connectivity index (χ3n) is 3.12. The number of aromatic hydroxyl groups is 1. The first-order chi connectivity index (χ1) is 10.2. The van der Waals surface area contributed by atoms with Gasteiger partial charge in [0.05, 0.1) is 12.2 Å². The topological polar surface area (TPSA) is 59.4 Å². The predicted octanol–water partition coefficient (Wildman–Crippen LogP) is 3.85. The number of fused-ring (bicyclic) bond motifs is 1. The van der Waals surface area contributed by atoms with Crippen LogP contribution < -0.4 is 0 Å². The van der Waals surface area contributed by atoms with Crippen molar-refractivity contribution in [2.75, 3.05) is 6.61 Å². The fourth-order valence-electron chi connectivity index (χ4n) is 2.12. The Morgan fingerprint density at radius 3 is 2.90 bits per heavy atom. The van der Waals surface area contributed by atoms with Gasteiger partial charge in [-0.3, -0.25) is 0 Å². The van der Waals surface area contributed by atoms with Gasteiger partial charge in [-0.05, 0) is 18.4 Å². The van der Waals surface area contributed by atoms with Gasteiger partial charge in [0, 0.05) is 10.8 Å². The first kappa shape index (κ1) is 13.6. The van der Waals surface area contributed by atoms with Gasteiger partial charge in [0.15, 0.2) is 5.69 Å². The maximum atomic E-state index is 11.6. The fraction of sp³-hybridized carbons (Fsp3) is 0.125. The van der Waals surface area contributed by atoms with Crippen molar-refractivity contribution in [1.29, 1.82) is 0 Å². The Morgan fingerprint density at radius 2 is 2.10 bits per heavy atom. The highest BCUT2D eigenvalue weighted by Crippen LogP contribution is 2.37. The lowest BCUT2D eigenvalue weighted by Gasteiger charge is -2.05. The second-order valence-electron chi connectivity index (χ2n) is 4.44. The Morgan fingerprint density at radius 1 is 1.29 bits per heavy atom. The third-order valence-corrected chi connectivity index (χ3v) is 4.00. The molecule has 2 aromatic carbocycles. The van der Waals surface area contributed by atoms with Crippen LogP contribution in [0.5, 0.6) is 5.75 Å². The summed E-state index contributed by atoms with van der Waals surface area (Å²) in [7, 11) is 0. The lowest BCUT2D eigenvalue weighted by Crippen LogP contribution is -2.04. The lowest BCUT2D eigenvalue weighted by atomic mass is 10.1. The summed E-state index contributed by atoms with van der Waals surface area (Å²) in [6.07, 6.45) is 0. The molecule has 0 saturated carbocycles. The molecule has 0 unspecified atom stereocenters. The van der Waals surface area contributed by atoms with Crippen molar-refractivity contribution in [1.82, 2.24) is 4.98 Å². The molecule has 1 N–H and O–H groups in total. The van der Waals surface area contributed by atoms with Crippen LogP contribution in [-0.4, -0.2) is 22.7 Å². The van der Waals surface area contributed by atoms with E-state index >= 15 is 0 Å². The van der Waals surface area contributed by atoms with E-state index < -0.39 is 5.97 Å². The number of phenolic OH excluding ortho intramolecular Hbond substituents is 1. The maximum absolute atomic E-state index is 11.6. The van der Waals surface area contributed by atoms with Gasteiger partial charge in [-0.2, -0.15) is 0 Å². The quantitative estimate of drug-likeness (QED) is 0.746. The van der Waals surface area contributed by atoms with E-state index in [9.17, 15) is 9.90 Å². The van der Waals surface area contributed by atoms with E-state index in [2.05, 4.69) is 4.98 Å². The largest absolute Gasteiger partial charge is 0.507 e. The first-order valence-electron chi connectivity index (χ1n) is 6.54. The van der Waals surface area contributed by atoms with Crippen LogP contribution in [0.25, 0.3) is 21.3 Å². The summed E-state index contributed by atoms with van der Waals surface area (Å²) in [5.41, 5.74) is 0.888. The number of esters is 1. The molecule has 0 aliphatic heterocycles. The van der Waals surface area contributed by atoms with Crippen molar-refractivity contribution in [3.8, 4) is 16.3 Å². The summed E-state index contributed by atoms with van der Waals surface area (Å²) in [6, 6.07) is 11.3. The van der Waals surface area contributed by atoms with Gasteiger partial charge in [-0.1, -0.05) is 30.3 Å². The van der Waals surface area contributed by atoms with Crippen LogP contribution >= 0.6 is 11.3 Å². The van der Waals surface area contributed by atoms with Gasteiger partial charge >= 0.3 is 5.97 Å². The Balaban J connectivity index is 2.05. The highest BCUT2D eigenvalue weighted by Gasteiger charge is 2.15. The smallest absolute Gasteiger partial charge is 0.357 e. The van der Waals surface area contributed by atoms with Crippen LogP contribution in [-0.2, 0) is 4.74 Å². The number of hydrogen-bond acceptors (Lipinski definition) is 5. The zero-order valence-corrected chi connectivity index (χ0v) is 12.2. The van der Waals surface area contributed by atoms with E-state index in [4.69, 9.17) is 4.74 Å². The maximum Gasteiger partial charge on any atom is 0.357 e. The van der Waals surface area contributed by atoms with Crippen LogP contribution in [0, 0.1) is 0 Å². The van der Waals surface area contributed by atoms with Crippen molar-refractivity contribution in [2.24, 2.45) is 0 Å². The number of hydrogen-bond donors (Lipinski definition) is 1. The number of nitrogens with zero attached hydrogens (tertiary/aromatic N) is 1. The number of carbonyl (C=O) groups excluding carboxylic acids is 1. The molecule has 21 heavy (non-hydrogen) atoms. The molecule has 5 heteroatoms. The Labute approximate surface area is 125 Å².